The predicted octanol–water partition coefficient (Wildman–Crippen LogP) is 1.13. The van der Waals surface area contributed by atoms with Gasteiger partial charge in [-0.1, -0.05) is 12.1 Å². The standard InChI is InChI=1S/C13H11FN2O3/c14-10-3-1-8(2-4-10)5-11-15-7-9(6-12(17)18)13(19)16-11/h1-4,7H,5-6H2,(H,17,18)(H,15,16,19). The van der Waals surface area contributed by atoms with Gasteiger partial charge in [0.1, 0.15) is 11.6 Å². The van der Waals surface area contributed by atoms with Crippen LogP contribution in [0.5, 0.6) is 0 Å². The Kier molecular flexibility index (Phi) is 3.70. The van der Waals surface area contributed by atoms with Crippen LogP contribution in [0.25, 0.3) is 0 Å². The number of halogens is 1. The maximum atomic E-state index is 12.7. The van der Waals surface area contributed by atoms with Crippen LogP contribution in [0.3, 0.4) is 0 Å². The second-order valence-corrected chi connectivity index (χ2v) is 4.06. The summed E-state index contributed by atoms with van der Waals surface area (Å²) in [6, 6.07) is 5.85. The van der Waals surface area contributed by atoms with Gasteiger partial charge in [-0.2, -0.15) is 0 Å². The molecule has 0 saturated heterocycles. The molecule has 2 rings (SSSR count). The lowest BCUT2D eigenvalue weighted by Crippen LogP contribution is -2.19. The maximum Gasteiger partial charge on any atom is 0.308 e. The number of carboxylic acid groups (broad SMARTS) is 1. The first-order valence-corrected chi connectivity index (χ1v) is 5.58. The van der Waals surface area contributed by atoms with E-state index in [1.807, 2.05) is 0 Å². The molecule has 0 fully saturated rings. The number of aromatic amines is 1. The average molecular weight is 262 g/mol. The zero-order chi connectivity index (χ0) is 13.8. The first kappa shape index (κ1) is 12.9. The number of rotatable bonds is 4. The topological polar surface area (TPSA) is 83.0 Å². The zero-order valence-electron chi connectivity index (χ0n) is 9.89. The third kappa shape index (κ3) is 3.48. The Hall–Kier alpha value is -2.50. The molecule has 0 amide bonds. The fourth-order valence-corrected chi connectivity index (χ4v) is 1.63. The molecule has 1 aromatic carbocycles. The highest BCUT2D eigenvalue weighted by atomic mass is 19.1. The van der Waals surface area contributed by atoms with E-state index in [1.54, 1.807) is 12.1 Å². The van der Waals surface area contributed by atoms with Crippen molar-refractivity contribution in [3.8, 4) is 0 Å². The van der Waals surface area contributed by atoms with E-state index in [1.165, 1.54) is 18.3 Å². The largest absolute Gasteiger partial charge is 0.481 e. The van der Waals surface area contributed by atoms with Crippen LogP contribution in [0.4, 0.5) is 4.39 Å². The Balaban J connectivity index is 2.18. The molecule has 0 spiro atoms. The van der Waals surface area contributed by atoms with Gasteiger partial charge in [-0.3, -0.25) is 9.59 Å². The van der Waals surface area contributed by atoms with Gasteiger partial charge < -0.3 is 10.1 Å². The van der Waals surface area contributed by atoms with Gasteiger partial charge in [0.15, 0.2) is 0 Å². The lowest BCUT2D eigenvalue weighted by Gasteiger charge is -2.02. The van der Waals surface area contributed by atoms with Gasteiger partial charge in [-0.25, -0.2) is 9.37 Å². The highest BCUT2D eigenvalue weighted by Crippen LogP contribution is 2.06. The van der Waals surface area contributed by atoms with E-state index >= 15 is 0 Å². The first-order valence-electron chi connectivity index (χ1n) is 5.58. The molecule has 1 heterocycles. The molecule has 0 aliphatic rings. The molecular formula is C13H11FN2O3. The molecule has 0 aliphatic carbocycles. The number of aliphatic carboxylic acids is 1. The number of hydrogen-bond donors (Lipinski definition) is 2. The van der Waals surface area contributed by atoms with Crippen LogP contribution in [0.2, 0.25) is 0 Å². The van der Waals surface area contributed by atoms with Gasteiger partial charge in [0.25, 0.3) is 5.56 Å². The zero-order valence-corrected chi connectivity index (χ0v) is 9.89. The molecule has 0 saturated carbocycles. The molecule has 1 aromatic heterocycles. The molecule has 2 aromatic rings. The molecule has 0 unspecified atom stereocenters. The van der Waals surface area contributed by atoms with Crippen molar-refractivity contribution < 1.29 is 14.3 Å². The minimum Gasteiger partial charge on any atom is -0.481 e. The van der Waals surface area contributed by atoms with Crippen LogP contribution < -0.4 is 5.56 Å². The Labute approximate surface area is 107 Å². The number of benzene rings is 1. The van der Waals surface area contributed by atoms with Crippen molar-refractivity contribution in [3.63, 3.8) is 0 Å². The molecule has 5 nitrogen and oxygen atoms in total. The molecule has 2 N–H and O–H groups in total. The molecule has 0 atom stereocenters. The van der Waals surface area contributed by atoms with Crippen molar-refractivity contribution in [2.45, 2.75) is 12.8 Å². The molecule has 19 heavy (non-hydrogen) atoms. The number of hydrogen-bond acceptors (Lipinski definition) is 3. The number of nitrogens with zero attached hydrogens (tertiary/aromatic N) is 1. The van der Waals surface area contributed by atoms with Crippen LogP contribution in [0.15, 0.2) is 35.3 Å². The quantitative estimate of drug-likeness (QED) is 0.865. The van der Waals surface area contributed by atoms with Gasteiger partial charge in [-0.05, 0) is 17.7 Å². The van der Waals surface area contributed by atoms with Crippen molar-refractivity contribution in [1.29, 1.82) is 0 Å². The van der Waals surface area contributed by atoms with Gasteiger partial charge in [0, 0.05) is 18.2 Å². The van der Waals surface area contributed by atoms with E-state index < -0.39 is 11.5 Å². The summed E-state index contributed by atoms with van der Waals surface area (Å²) in [6.45, 7) is 0. The monoisotopic (exact) mass is 262 g/mol. The third-order valence-electron chi connectivity index (χ3n) is 2.55. The Morgan fingerprint density at radius 1 is 1.32 bits per heavy atom. The molecule has 0 bridgehead atoms. The SMILES string of the molecule is O=C(O)Cc1cnc(Cc2ccc(F)cc2)[nH]c1=O. The van der Waals surface area contributed by atoms with Crippen LogP contribution >= 0.6 is 0 Å². The minimum absolute atomic E-state index is 0.107. The summed E-state index contributed by atoms with van der Waals surface area (Å²) >= 11 is 0. The lowest BCUT2D eigenvalue weighted by molar-refractivity contribution is -0.136. The van der Waals surface area contributed by atoms with Crippen molar-refractivity contribution in [3.05, 3.63) is 63.6 Å². The van der Waals surface area contributed by atoms with Crippen molar-refractivity contribution >= 4 is 5.97 Å². The van der Waals surface area contributed by atoms with E-state index in [4.69, 9.17) is 5.11 Å². The molecule has 6 heteroatoms. The van der Waals surface area contributed by atoms with Crippen LogP contribution in [-0.4, -0.2) is 21.0 Å². The molecule has 0 aliphatic heterocycles. The average Bonchev–Trinajstić information content (AvgIpc) is 2.35. The van der Waals surface area contributed by atoms with Crippen LogP contribution in [-0.2, 0) is 17.6 Å². The summed E-state index contributed by atoms with van der Waals surface area (Å²) in [5.74, 6) is -1.01. The van der Waals surface area contributed by atoms with Gasteiger partial charge in [0.05, 0.1) is 6.42 Å². The Morgan fingerprint density at radius 3 is 2.58 bits per heavy atom. The van der Waals surface area contributed by atoms with E-state index in [9.17, 15) is 14.0 Å². The summed E-state index contributed by atoms with van der Waals surface area (Å²) in [7, 11) is 0. The van der Waals surface area contributed by atoms with E-state index in [2.05, 4.69) is 9.97 Å². The second kappa shape index (κ2) is 5.43. The number of carboxylic acids is 1. The number of H-pyrrole nitrogens is 1. The second-order valence-electron chi connectivity index (χ2n) is 4.06. The van der Waals surface area contributed by atoms with Gasteiger partial charge in [-0.15, -0.1) is 0 Å². The smallest absolute Gasteiger partial charge is 0.308 e. The van der Waals surface area contributed by atoms with Crippen LogP contribution in [0.1, 0.15) is 17.0 Å². The van der Waals surface area contributed by atoms with E-state index in [0.717, 1.165) is 5.56 Å². The van der Waals surface area contributed by atoms with Crippen molar-refractivity contribution in [2.24, 2.45) is 0 Å². The van der Waals surface area contributed by atoms with Crippen molar-refractivity contribution in [2.75, 3.05) is 0 Å². The third-order valence-corrected chi connectivity index (χ3v) is 2.55. The highest BCUT2D eigenvalue weighted by molar-refractivity contribution is 5.69. The first-order chi connectivity index (χ1) is 9.04. The minimum atomic E-state index is -1.08. The normalized spacial score (nSPS) is 10.4. The molecule has 98 valence electrons. The summed E-state index contributed by atoms with van der Waals surface area (Å²) < 4.78 is 12.7. The number of nitrogens with one attached hydrogen (secondary N) is 1. The number of carbonyl (C=O) groups is 1. The predicted molar refractivity (Wildman–Crippen MR) is 65.4 cm³/mol. The summed E-state index contributed by atoms with van der Waals surface area (Å²) in [6.07, 6.45) is 1.24. The molecular weight excluding hydrogens is 251 g/mol. The van der Waals surface area contributed by atoms with Crippen LogP contribution in [0, 0.1) is 5.82 Å². The lowest BCUT2D eigenvalue weighted by atomic mass is 10.1. The maximum absolute atomic E-state index is 12.7. The fourth-order valence-electron chi connectivity index (χ4n) is 1.63. The van der Waals surface area contributed by atoms with Gasteiger partial charge in [0.2, 0.25) is 0 Å². The summed E-state index contributed by atoms with van der Waals surface area (Å²) in [5.41, 5.74) is 0.445. The van der Waals surface area contributed by atoms with E-state index in [0.29, 0.717) is 12.2 Å². The molecule has 0 radical (unpaired) electrons. The number of aromatic nitrogens is 2. The Morgan fingerprint density at radius 2 is 2.00 bits per heavy atom. The fraction of sp³-hybridized carbons (Fsp3) is 0.154. The Bertz CT molecular complexity index is 650. The van der Waals surface area contributed by atoms with Gasteiger partial charge >= 0.3 is 5.97 Å². The van der Waals surface area contributed by atoms with E-state index in [-0.39, 0.29) is 17.8 Å². The highest BCUT2D eigenvalue weighted by Gasteiger charge is 2.07. The van der Waals surface area contributed by atoms with Crippen molar-refractivity contribution in [1.82, 2.24) is 9.97 Å². The summed E-state index contributed by atoms with van der Waals surface area (Å²) in [5, 5.41) is 8.61. The summed E-state index contributed by atoms with van der Waals surface area (Å²) in [4.78, 5) is 28.6.